The van der Waals surface area contributed by atoms with E-state index in [1.54, 1.807) is 0 Å². The fourth-order valence-electron chi connectivity index (χ4n) is 28.1. The summed E-state index contributed by atoms with van der Waals surface area (Å²) in [5, 5.41) is 106. The average molecular weight is 925 g/mol. The van der Waals surface area contributed by atoms with E-state index < -0.39 is 56.4 Å². The van der Waals surface area contributed by atoms with Gasteiger partial charge in [-0.3, -0.25) is 19.2 Å². The van der Waals surface area contributed by atoms with Gasteiger partial charge in [-0.05, 0) is 303 Å². The van der Waals surface area contributed by atoms with Crippen LogP contribution in [0.1, 0.15) is 44.5 Å². The molecule has 24 aromatic carbocycles. The molecule has 4 N–H and O–H groups in total. The van der Waals surface area contributed by atoms with Crippen LogP contribution in [0.4, 0.5) is 0 Å². The van der Waals surface area contributed by atoms with Gasteiger partial charge in [0.05, 0.1) is 21.7 Å². The lowest BCUT2D eigenvalue weighted by Crippen LogP contribution is -2.35. The van der Waals surface area contributed by atoms with Crippen molar-refractivity contribution in [2.24, 2.45) is 10.8 Å². The number of carbonyl (C=O) groups is 4. The zero-order valence-corrected chi connectivity index (χ0v) is 36.4. The lowest BCUT2D eigenvalue weighted by Gasteiger charge is -2.33. The van der Waals surface area contributed by atoms with Crippen molar-refractivity contribution in [3.8, 4) is 0 Å². The van der Waals surface area contributed by atoms with Gasteiger partial charge in [0.15, 0.2) is 10.8 Å². The van der Waals surface area contributed by atoms with Crippen molar-refractivity contribution >= 4 is 282 Å². The van der Waals surface area contributed by atoms with Gasteiger partial charge in [0, 0.05) is 0 Å². The molecule has 0 heterocycles. The molecule has 10 aliphatic rings. The van der Waals surface area contributed by atoms with Crippen LogP contribution in [0.15, 0.2) is 0 Å². The van der Waals surface area contributed by atoms with Gasteiger partial charge in [-0.2, -0.15) is 0 Å². The van der Waals surface area contributed by atoms with E-state index in [9.17, 15) is 20.4 Å². The van der Waals surface area contributed by atoms with Gasteiger partial charge < -0.3 is 20.4 Å². The summed E-state index contributed by atoms with van der Waals surface area (Å²) >= 11 is 0. The van der Waals surface area contributed by atoms with Crippen molar-refractivity contribution in [3.05, 3.63) is 44.5 Å². The van der Waals surface area contributed by atoms with Gasteiger partial charge in [-0.25, -0.2) is 0 Å². The number of hydrogen-bond acceptors (Lipinski definition) is 4. The third kappa shape index (κ3) is 1.27. The minimum Gasteiger partial charge on any atom is -0.480 e. The molecule has 0 aromatic heterocycles. The maximum atomic E-state index is 15.6. The second-order valence-corrected chi connectivity index (χ2v) is 26.7. The lowest BCUT2D eigenvalue weighted by molar-refractivity contribution is -0.160. The molecule has 4 spiro atoms. The third-order valence-electron chi connectivity index (χ3n) is 27.5. The van der Waals surface area contributed by atoms with Crippen molar-refractivity contribution in [1.29, 1.82) is 0 Å². The molecule has 0 bridgehead atoms. The molecule has 4 atom stereocenters. The molecular formula is C66H4O8. The highest BCUT2D eigenvalue weighted by Crippen LogP contribution is 3.00. The van der Waals surface area contributed by atoms with Crippen molar-refractivity contribution in [2.75, 3.05) is 0 Å². The minimum atomic E-state index is -2.33. The largest absolute Gasteiger partial charge is 0.480 e. The molecule has 0 radical (unpaired) electrons. The van der Waals surface area contributed by atoms with Crippen LogP contribution in [-0.4, -0.2) is 44.3 Å². The summed E-state index contributed by atoms with van der Waals surface area (Å²) in [4.78, 5) is 62.4. The van der Waals surface area contributed by atoms with E-state index in [4.69, 9.17) is 0 Å². The zero-order valence-electron chi connectivity index (χ0n) is 36.4. The van der Waals surface area contributed by atoms with Crippen LogP contribution in [0.2, 0.25) is 0 Å². The van der Waals surface area contributed by atoms with E-state index in [1.165, 1.54) is 129 Å². The first kappa shape index (κ1) is 28.0. The first-order valence-corrected chi connectivity index (χ1v) is 26.2. The van der Waals surface area contributed by atoms with Crippen molar-refractivity contribution < 1.29 is 39.6 Å². The highest BCUT2D eigenvalue weighted by Gasteiger charge is 3.04. The van der Waals surface area contributed by atoms with Crippen LogP contribution in [0.5, 0.6) is 0 Å². The molecule has 4 unspecified atom stereocenters. The predicted octanol–water partition coefficient (Wildman–Crippen LogP) is 13.2. The average Bonchev–Trinajstić information content (AvgIpc) is 1.53. The van der Waals surface area contributed by atoms with Crippen molar-refractivity contribution in [3.63, 3.8) is 0 Å². The molecule has 74 heavy (non-hydrogen) atoms. The SMILES string of the molecule is O=C(O)C1(C(=O)O)C23c4c5c6c7c8c4c4c2c2c9c%10c%11c%12c(c5c5c6c6c%13c%14c%15c%16c%17c(c8c8c4c4c2c2c9c9c%11c%11c%18c%12c5c%13c%18c5c%14c%12c%16c%13c%17c8c4c4c2c2c9c%11c5c%12c2c%134)C72C(C(=O)O)(C(=O)O)C6%152)C%1013. The Morgan fingerprint density at radius 2 is 0.243 bits per heavy atom. The monoisotopic (exact) mass is 924 g/mol. The van der Waals surface area contributed by atoms with Gasteiger partial charge in [-0.1, -0.05) is 0 Å². The molecule has 0 amide bonds. The first-order chi connectivity index (χ1) is 36.2. The Morgan fingerprint density at radius 1 is 0.162 bits per heavy atom. The second-order valence-electron chi connectivity index (χ2n) is 26.7. The normalized spacial score (nSPS) is 27.8. The molecule has 316 valence electrons. The maximum absolute atomic E-state index is 15.6. The van der Waals surface area contributed by atoms with Crippen LogP contribution >= 0.6 is 0 Å². The lowest BCUT2D eigenvalue weighted by atomic mass is 9.66. The predicted molar refractivity (Wildman–Crippen MR) is 282 cm³/mol. The molecule has 8 heteroatoms. The topological polar surface area (TPSA) is 149 Å². The van der Waals surface area contributed by atoms with Gasteiger partial charge in [0.2, 0.25) is 0 Å². The van der Waals surface area contributed by atoms with Crippen LogP contribution in [0, 0.1) is 10.8 Å². The Morgan fingerprint density at radius 3 is 0.351 bits per heavy atom. The van der Waals surface area contributed by atoms with E-state index in [2.05, 4.69) is 0 Å². The zero-order chi connectivity index (χ0) is 45.6. The van der Waals surface area contributed by atoms with Gasteiger partial charge in [0.25, 0.3) is 0 Å². The quantitative estimate of drug-likeness (QED) is 0.101. The van der Waals surface area contributed by atoms with E-state index in [-0.39, 0.29) is 0 Å². The molecular weight excluding hydrogens is 921 g/mol. The summed E-state index contributed by atoms with van der Waals surface area (Å²) in [5.74, 6) is -5.20. The van der Waals surface area contributed by atoms with Crippen molar-refractivity contribution in [2.45, 2.75) is 21.7 Å². The minimum absolute atomic E-state index is 0.828. The van der Waals surface area contributed by atoms with Gasteiger partial charge in [-0.15, -0.1) is 0 Å². The summed E-state index contributed by atoms with van der Waals surface area (Å²) < 4.78 is 0. The van der Waals surface area contributed by atoms with Crippen LogP contribution < -0.4 is 0 Å². The standard InChI is InChI=1S/C66H4O8/c67-57(68)65(58(69)70)61-49-33-22-11-4-5-9-2-1-6-3-7(2)18-27-16(9)23-12(5)14-13(11)24-21-25(14)36-34(23)50-38(27)40-29(18)20-10(3)19-28-17(6)26(15(22)8(1)4)37(49)39(28)51-41-30(19)31(20)42-46-45(41)55(63(51,61)65)47-43(53(61)35(24)33)32(21)44-48(47)56(46)64(52(40)42)62(50,54(36)44)66(64,59(71)72)60(73)74/h(H,67,68)(H,69,70)(H,71,72)(H,73,74). The Labute approximate surface area is 397 Å². The smallest absolute Gasteiger partial charge is 0.323 e. The Kier molecular flexibility index (Phi) is 2.21. The van der Waals surface area contributed by atoms with Crippen LogP contribution in [0.25, 0.3) is 259 Å². The molecule has 10 aliphatic carbocycles. The fraction of sp³-hybridized carbons (Fsp3) is 0.0909. The Hall–Kier alpha value is -9.40. The summed E-state index contributed by atoms with van der Waals surface area (Å²) in [6, 6.07) is 0. The summed E-state index contributed by atoms with van der Waals surface area (Å²) in [6.07, 6.45) is 0. The number of benzene rings is 16. The highest BCUT2D eigenvalue weighted by atomic mass is 16.4. The van der Waals surface area contributed by atoms with Crippen molar-refractivity contribution in [1.82, 2.24) is 0 Å². The Balaban J connectivity index is 1.18. The summed E-state index contributed by atoms with van der Waals surface area (Å²) in [6.45, 7) is 0. The number of carboxylic acids is 4. The van der Waals surface area contributed by atoms with Crippen LogP contribution in [-0.2, 0) is 40.8 Å². The summed E-state index contributed by atoms with van der Waals surface area (Å²) in [5.41, 5.74) is -3.64. The molecule has 34 rings (SSSR count). The Bertz CT molecular complexity index is 7230. The van der Waals surface area contributed by atoms with Gasteiger partial charge >= 0.3 is 23.9 Å². The van der Waals surface area contributed by atoms with E-state index in [0.29, 0.717) is 0 Å². The fourth-order valence-corrected chi connectivity index (χ4v) is 28.1. The molecule has 24 aromatic rings. The maximum Gasteiger partial charge on any atom is 0.323 e. The number of carboxylic acid groups (broad SMARTS) is 4. The molecule has 0 aliphatic heterocycles. The van der Waals surface area contributed by atoms with E-state index >= 15 is 19.2 Å². The van der Waals surface area contributed by atoms with Crippen LogP contribution in [0.3, 0.4) is 0 Å². The first-order valence-electron chi connectivity index (χ1n) is 26.2. The number of hydrogen-bond donors (Lipinski definition) is 4. The second kappa shape index (κ2) is 5.84. The number of rotatable bonds is 4. The molecule has 8 nitrogen and oxygen atoms in total. The third-order valence-corrected chi connectivity index (χ3v) is 27.5. The van der Waals surface area contributed by atoms with E-state index in [1.807, 2.05) is 0 Å². The number of aliphatic carboxylic acids is 4. The summed E-state index contributed by atoms with van der Waals surface area (Å²) in [7, 11) is 0. The van der Waals surface area contributed by atoms with E-state index in [0.717, 1.165) is 174 Å². The molecule has 2 saturated carbocycles. The molecule has 2 fully saturated rings. The molecule has 0 saturated heterocycles. The highest BCUT2D eigenvalue weighted by molar-refractivity contribution is 6.79. The van der Waals surface area contributed by atoms with Gasteiger partial charge in [0.1, 0.15) is 0 Å².